The van der Waals surface area contributed by atoms with E-state index < -0.39 is 5.25 Å². The lowest BCUT2D eigenvalue weighted by Gasteiger charge is -2.13. The molecule has 1 atom stereocenters. The number of amides is 2. The third-order valence-electron chi connectivity index (χ3n) is 2.41. The zero-order valence-electron chi connectivity index (χ0n) is 8.66. The third kappa shape index (κ3) is 2.13. The van der Waals surface area contributed by atoms with E-state index in [4.69, 9.17) is 0 Å². The van der Waals surface area contributed by atoms with Crippen molar-refractivity contribution in [3.63, 3.8) is 0 Å². The molecular weight excluding hydrogens is 240 g/mol. The van der Waals surface area contributed by atoms with Crippen molar-refractivity contribution in [2.24, 2.45) is 4.99 Å². The van der Waals surface area contributed by atoms with Gasteiger partial charge in [0.2, 0.25) is 17.9 Å². The highest BCUT2D eigenvalue weighted by Crippen LogP contribution is 2.26. The number of nitrogens with zero attached hydrogens (tertiary/aromatic N) is 2. The zero-order valence-corrected chi connectivity index (χ0v) is 9.55. The van der Waals surface area contributed by atoms with Crippen LogP contribution < -0.4 is 4.90 Å². The van der Waals surface area contributed by atoms with Crippen LogP contribution in [-0.2, 0) is 14.4 Å². The lowest BCUT2D eigenvalue weighted by atomic mass is 10.2. The molecule has 1 aromatic carbocycles. The van der Waals surface area contributed by atoms with Crippen LogP contribution in [0.1, 0.15) is 6.42 Å². The molecule has 0 N–H and O–H groups in total. The van der Waals surface area contributed by atoms with Crippen LogP contribution in [0, 0.1) is 0 Å². The number of anilines is 1. The molecule has 1 aromatic rings. The van der Waals surface area contributed by atoms with Gasteiger partial charge in [0.1, 0.15) is 0 Å². The van der Waals surface area contributed by atoms with Crippen LogP contribution in [0.15, 0.2) is 29.3 Å². The molecule has 17 heavy (non-hydrogen) atoms. The zero-order chi connectivity index (χ0) is 12.4. The first-order valence-electron chi connectivity index (χ1n) is 4.86. The van der Waals surface area contributed by atoms with Gasteiger partial charge >= 0.3 is 0 Å². The minimum atomic E-state index is -0.574. The molecule has 1 aliphatic heterocycles. The third-order valence-corrected chi connectivity index (χ3v) is 2.81. The number of hydrogen-bond acceptors (Lipinski definition) is 5. The first-order chi connectivity index (χ1) is 8.13. The Kier molecular flexibility index (Phi) is 3.08. The monoisotopic (exact) mass is 248 g/mol. The van der Waals surface area contributed by atoms with Crippen molar-refractivity contribution < 1.29 is 14.4 Å². The van der Waals surface area contributed by atoms with Crippen molar-refractivity contribution >= 4 is 41.9 Å². The van der Waals surface area contributed by atoms with Gasteiger partial charge in [-0.05, 0) is 24.3 Å². The second-order valence-corrected chi connectivity index (χ2v) is 4.13. The minimum Gasteiger partial charge on any atom is -0.274 e. The second kappa shape index (κ2) is 4.53. The number of isocyanates is 1. The van der Waals surface area contributed by atoms with Crippen LogP contribution >= 0.6 is 12.6 Å². The van der Waals surface area contributed by atoms with Crippen molar-refractivity contribution in [2.75, 3.05) is 4.90 Å². The van der Waals surface area contributed by atoms with Gasteiger partial charge < -0.3 is 0 Å². The van der Waals surface area contributed by atoms with E-state index in [1.165, 1.54) is 18.2 Å². The van der Waals surface area contributed by atoms with Gasteiger partial charge in [0.15, 0.2) is 0 Å². The van der Waals surface area contributed by atoms with Crippen LogP contribution in [0.4, 0.5) is 11.4 Å². The molecule has 0 radical (unpaired) electrons. The molecule has 0 bridgehead atoms. The molecule has 2 rings (SSSR count). The van der Waals surface area contributed by atoms with Crippen LogP contribution in [-0.4, -0.2) is 23.1 Å². The number of thiol groups is 1. The van der Waals surface area contributed by atoms with E-state index in [1.807, 2.05) is 0 Å². The Labute approximate surface area is 103 Å². The Morgan fingerprint density at radius 1 is 1.29 bits per heavy atom. The SMILES string of the molecule is O=C=Nc1ccc(N2C(=O)CC(S)C2=O)cc1. The summed E-state index contributed by atoms with van der Waals surface area (Å²) in [5.74, 6) is -0.605. The summed E-state index contributed by atoms with van der Waals surface area (Å²) < 4.78 is 0. The summed E-state index contributed by atoms with van der Waals surface area (Å²) in [5.41, 5.74) is 0.881. The average molecular weight is 248 g/mol. The molecule has 86 valence electrons. The van der Waals surface area contributed by atoms with E-state index >= 15 is 0 Å². The molecule has 1 fully saturated rings. The summed E-state index contributed by atoms with van der Waals surface area (Å²) in [4.78, 5) is 37.8. The number of rotatable bonds is 2. The Bertz CT molecular complexity index is 520. The van der Waals surface area contributed by atoms with Crippen LogP contribution in [0.5, 0.6) is 0 Å². The van der Waals surface area contributed by atoms with Crippen molar-refractivity contribution in [1.29, 1.82) is 0 Å². The molecule has 1 heterocycles. The van der Waals surface area contributed by atoms with Gasteiger partial charge in [-0.3, -0.25) is 9.59 Å². The average Bonchev–Trinajstić information content (AvgIpc) is 2.55. The molecule has 1 saturated heterocycles. The van der Waals surface area contributed by atoms with Crippen molar-refractivity contribution in [2.45, 2.75) is 11.7 Å². The largest absolute Gasteiger partial charge is 0.274 e. The molecule has 0 aliphatic carbocycles. The summed E-state index contributed by atoms with van der Waals surface area (Å²) in [5, 5.41) is -0.574. The Morgan fingerprint density at radius 3 is 2.41 bits per heavy atom. The van der Waals surface area contributed by atoms with E-state index in [9.17, 15) is 14.4 Å². The number of benzene rings is 1. The van der Waals surface area contributed by atoms with Crippen LogP contribution in [0.25, 0.3) is 0 Å². The maximum atomic E-state index is 11.7. The first kappa shape index (κ1) is 11.6. The van der Waals surface area contributed by atoms with Crippen molar-refractivity contribution in [3.05, 3.63) is 24.3 Å². The summed E-state index contributed by atoms with van der Waals surface area (Å²) in [6.07, 6.45) is 1.52. The van der Waals surface area contributed by atoms with Gasteiger partial charge in [-0.2, -0.15) is 17.6 Å². The number of hydrogen-bond donors (Lipinski definition) is 1. The van der Waals surface area contributed by atoms with Crippen LogP contribution in [0.2, 0.25) is 0 Å². The molecular formula is C11H8N2O3S. The predicted molar refractivity (Wildman–Crippen MR) is 64.1 cm³/mol. The molecule has 0 spiro atoms. The van der Waals surface area contributed by atoms with Gasteiger partial charge in [-0.1, -0.05) is 0 Å². The molecule has 5 nitrogen and oxygen atoms in total. The van der Waals surface area contributed by atoms with E-state index in [0.717, 1.165) is 4.90 Å². The maximum Gasteiger partial charge on any atom is 0.247 e. The number of imide groups is 1. The Balaban J connectivity index is 2.31. The Hall–Kier alpha value is -1.91. The highest BCUT2D eigenvalue weighted by molar-refractivity contribution is 7.82. The predicted octanol–water partition coefficient (Wildman–Crippen LogP) is 1.22. The summed E-state index contributed by atoms with van der Waals surface area (Å²) in [6, 6.07) is 6.18. The lowest BCUT2D eigenvalue weighted by Crippen LogP contribution is -2.30. The molecule has 0 aromatic heterocycles. The standard InChI is InChI=1S/C11H8N2O3S/c14-6-12-7-1-3-8(4-2-7)13-10(15)5-9(17)11(13)16/h1-4,9,17H,5H2. The van der Waals surface area contributed by atoms with E-state index in [-0.39, 0.29) is 18.2 Å². The number of carbonyl (C=O) groups is 2. The summed E-state index contributed by atoms with van der Waals surface area (Å²) in [7, 11) is 0. The van der Waals surface area contributed by atoms with Crippen LogP contribution in [0.3, 0.4) is 0 Å². The Morgan fingerprint density at radius 2 is 1.94 bits per heavy atom. The molecule has 1 aliphatic rings. The fraction of sp³-hybridized carbons (Fsp3) is 0.182. The second-order valence-electron chi connectivity index (χ2n) is 3.51. The minimum absolute atomic E-state index is 0.107. The topological polar surface area (TPSA) is 66.8 Å². The van der Waals surface area contributed by atoms with Crippen molar-refractivity contribution in [3.8, 4) is 0 Å². The highest BCUT2D eigenvalue weighted by atomic mass is 32.1. The van der Waals surface area contributed by atoms with Gasteiger partial charge in [0, 0.05) is 6.42 Å². The first-order valence-corrected chi connectivity index (χ1v) is 5.38. The fourth-order valence-electron chi connectivity index (χ4n) is 1.62. The van der Waals surface area contributed by atoms with Gasteiger partial charge in [-0.15, -0.1) is 0 Å². The summed E-state index contributed by atoms with van der Waals surface area (Å²) >= 11 is 4.03. The van der Waals surface area contributed by atoms with Gasteiger partial charge in [0.05, 0.1) is 16.6 Å². The quantitative estimate of drug-likeness (QED) is 0.370. The molecule has 6 heteroatoms. The smallest absolute Gasteiger partial charge is 0.247 e. The lowest BCUT2D eigenvalue weighted by molar-refractivity contribution is -0.121. The highest BCUT2D eigenvalue weighted by Gasteiger charge is 2.37. The van der Waals surface area contributed by atoms with Gasteiger partial charge in [0.25, 0.3) is 0 Å². The van der Waals surface area contributed by atoms with Gasteiger partial charge in [-0.25, -0.2) is 9.69 Å². The summed E-state index contributed by atoms with van der Waals surface area (Å²) in [6.45, 7) is 0. The normalized spacial score (nSPS) is 19.4. The number of aliphatic imine (C=N–C) groups is 1. The van der Waals surface area contributed by atoms with E-state index in [0.29, 0.717) is 11.4 Å². The van der Waals surface area contributed by atoms with E-state index in [2.05, 4.69) is 17.6 Å². The molecule has 1 unspecified atom stereocenters. The fourth-order valence-corrected chi connectivity index (χ4v) is 1.89. The molecule has 2 amide bonds. The molecule has 0 saturated carbocycles. The number of carbonyl (C=O) groups excluding carboxylic acids is 3. The van der Waals surface area contributed by atoms with E-state index in [1.54, 1.807) is 12.1 Å². The maximum absolute atomic E-state index is 11.7. The van der Waals surface area contributed by atoms with Crippen molar-refractivity contribution in [1.82, 2.24) is 0 Å².